The smallest absolute Gasteiger partial charge is 0.260 e. The molecule has 36 heavy (non-hydrogen) atoms. The van der Waals surface area contributed by atoms with Crippen LogP contribution in [0.15, 0.2) is 42.5 Å². The molecule has 2 aromatic carbocycles. The van der Waals surface area contributed by atoms with Gasteiger partial charge in [0.25, 0.3) is 11.8 Å². The van der Waals surface area contributed by atoms with E-state index >= 15 is 0 Å². The molecule has 8 heteroatoms. The summed E-state index contributed by atoms with van der Waals surface area (Å²) in [5.41, 5.74) is 1.69. The summed E-state index contributed by atoms with van der Waals surface area (Å²) in [6, 6.07) is 13.3. The van der Waals surface area contributed by atoms with Crippen LogP contribution in [0.4, 0.5) is 5.69 Å². The number of hydrogen-bond donors (Lipinski definition) is 0. The number of piperidine rings is 1. The lowest BCUT2D eigenvalue weighted by atomic mass is 10.1. The first kappa shape index (κ1) is 25.7. The quantitative estimate of drug-likeness (QED) is 0.554. The minimum Gasteiger partial charge on any atom is -0.497 e. The number of hydrogen-bond acceptors (Lipinski definition) is 6. The van der Waals surface area contributed by atoms with Crippen LogP contribution in [0.2, 0.25) is 0 Å². The number of anilines is 1. The summed E-state index contributed by atoms with van der Waals surface area (Å²) >= 11 is 0. The normalized spacial score (nSPS) is 16.3. The average molecular weight is 496 g/mol. The Morgan fingerprint density at radius 3 is 2.25 bits per heavy atom. The molecule has 8 nitrogen and oxygen atoms in total. The van der Waals surface area contributed by atoms with Gasteiger partial charge in [-0.3, -0.25) is 9.59 Å². The summed E-state index contributed by atoms with van der Waals surface area (Å²) in [7, 11) is 1.66. The highest BCUT2D eigenvalue weighted by molar-refractivity contribution is 5.95. The van der Waals surface area contributed by atoms with Gasteiger partial charge in [-0.05, 0) is 75.1 Å². The maximum absolute atomic E-state index is 13.4. The molecule has 0 spiro atoms. The third-order valence-electron chi connectivity index (χ3n) is 6.77. The molecule has 2 heterocycles. The van der Waals surface area contributed by atoms with Gasteiger partial charge in [-0.1, -0.05) is 0 Å². The molecule has 0 aromatic heterocycles. The van der Waals surface area contributed by atoms with Crippen molar-refractivity contribution in [3.05, 3.63) is 48.0 Å². The molecule has 2 fully saturated rings. The Balaban J connectivity index is 1.38. The van der Waals surface area contributed by atoms with Crippen molar-refractivity contribution in [1.29, 1.82) is 0 Å². The fraction of sp³-hybridized carbons (Fsp3) is 0.500. The first-order valence-corrected chi connectivity index (χ1v) is 12.9. The molecule has 0 radical (unpaired) electrons. The summed E-state index contributed by atoms with van der Waals surface area (Å²) < 4.78 is 16.9. The van der Waals surface area contributed by atoms with Gasteiger partial charge in [0.05, 0.1) is 13.7 Å². The fourth-order valence-corrected chi connectivity index (χ4v) is 4.76. The Morgan fingerprint density at radius 2 is 1.53 bits per heavy atom. The van der Waals surface area contributed by atoms with E-state index in [0.717, 1.165) is 56.9 Å². The highest BCUT2D eigenvalue weighted by Gasteiger charge is 2.23. The van der Waals surface area contributed by atoms with Crippen LogP contribution in [0, 0.1) is 0 Å². The van der Waals surface area contributed by atoms with Crippen molar-refractivity contribution in [2.45, 2.75) is 32.6 Å². The molecule has 0 saturated carbocycles. The Bertz CT molecular complexity index is 1020. The number of carbonyl (C=O) groups is 2. The Labute approximate surface area is 213 Å². The SMILES string of the molecule is CCOc1cc(C(=O)N2CCCN(c3ccc(OC)cc3)CC2)ccc1OCC(=O)N1CCCCC1. The molecule has 4 rings (SSSR count). The Hall–Kier alpha value is -3.42. The van der Waals surface area contributed by atoms with Crippen molar-refractivity contribution in [3.8, 4) is 17.2 Å². The standard InChI is InChI=1S/C28H37N3O5/c1-3-35-26-20-22(8-13-25(26)36-21-27(32)30-14-5-4-6-15-30)28(33)31-17-7-16-29(18-19-31)23-9-11-24(34-2)12-10-23/h8-13,20H,3-7,14-19,21H2,1-2H3. The predicted octanol–water partition coefficient (Wildman–Crippen LogP) is 3.84. The van der Waals surface area contributed by atoms with Gasteiger partial charge >= 0.3 is 0 Å². The number of amides is 2. The number of ether oxygens (including phenoxy) is 3. The monoisotopic (exact) mass is 495 g/mol. The average Bonchev–Trinajstić information content (AvgIpc) is 3.19. The molecule has 0 unspecified atom stereocenters. The zero-order chi connectivity index (χ0) is 25.3. The first-order chi connectivity index (χ1) is 17.6. The van der Waals surface area contributed by atoms with E-state index in [9.17, 15) is 9.59 Å². The lowest BCUT2D eigenvalue weighted by molar-refractivity contribution is -0.134. The van der Waals surface area contributed by atoms with Gasteiger partial charge in [0.2, 0.25) is 0 Å². The van der Waals surface area contributed by atoms with E-state index in [2.05, 4.69) is 17.0 Å². The summed E-state index contributed by atoms with van der Waals surface area (Å²) in [6.45, 7) is 6.86. The van der Waals surface area contributed by atoms with Crippen molar-refractivity contribution in [3.63, 3.8) is 0 Å². The van der Waals surface area contributed by atoms with Crippen LogP contribution < -0.4 is 19.1 Å². The van der Waals surface area contributed by atoms with Gasteiger partial charge in [0.15, 0.2) is 18.1 Å². The second-order valence-electron chi connectivity index (χ2n) is 9.16. The molecule has 0 N–H and O–H groups in total. The molecule has 2 aliphatic rings. The van der Waals surface area contributed by atoms with Crippen LogP contribution in [0.3, 0.4) is 0 Å². The number of carbonyl (C=O) groups excluding carboxylic acids is 2. The summed E-state index contributed by atoms with van der Waals surface area (Å²) in [5, 5.41) is 0. The second kappa shape index (κ2) is 12.5. The third kappa shape index (κ3) is 6.42. The van der Waals surface area contributed by atoms with Gasteiger partial charge in [0, 0.05) is 50.5 Å². The van der Waals surface area contributed by atoms with Crippen LogP contribution >= 0.6 is 0 Å². The summed E-state index contributed by atoms with van der Waals surface area (Å²) in [5.74, 6) is 1.77. The summed E-state index contributed by atoms with van der Waals surface area (Å²) in [4.78, 5) is 31.9. The maximum Gasteiger partial charge on any atom is 0.260 e. The molecule has 2 aromatic rings. The molecule has 2 amide bonds. The third-order valence-corrected chi connectivity index (χ3v) is 6.77. The van der Waals surface area contributed by atoms with Crippen molar-refractivity contribution in [2.24, 2.45) is 0 Å². The van der Waals surface area contributed by atoms with Crippen LogP contribution in [-0.4, -0.2) is 81.2 Å². The van der Waals surface area contributed by atoms with E-state index in [1.165, 1.54) is 6.42 Å². The molecule has 2 aliphatic heterocycles. The Kier molecular flexibility index (Phi) is 8.92. The molecular weight excluding hydrogens is 458 g/mol. The number of benzene rings is 2. The molecule has 0 bridgehead atoms. The van der Waals surface area contributed by atoms with Crippen LogP contribution in [0.25, 0.3) is 0 Å². The molecule has 0 atom stereocenters. The van der Waals surface area contributed by atoms with E-state index in [-0.39, 0.29) is 18.4 Å². The predicted molar refractivity (Wildman–Crippen MR) is 139 cm³/mol. The molecule has 2 saturated heterocycles. The first-order valence-electron chi connectivity index (χ1n) is 12.9. The highest BCUT2D eigenvalue weighted by atomic mass is 16.5. The topological polar surface area (TPSA) is 71.5 Å². The van der Waals surface area contributed by atoms with Gasteiger partial charge in [-0.25, -0.2) is 0 Å². The van der Waals surface area contributed by atoms with Crippen LogP contribution in [0.5, 0.6) is 17.2 Å². The minimum absolute atomic E-state index is 0.0108. The molecule has 194 valence electrons. The van der Waals surface area contributed by atoms with Gasteiger partial charge in [-0.2, -0.15) is 0 Å². The van der Waals surface area contributed by atoms with E-state index in [1.807, 2.05) is 28.9 Å². The second-order valence-corrected chi connectivity index (χ2v) is 9.16. The lowest BCUT2D eigenvalue weighted by Gasteiger charge is -2.26. The summed E-state index contributed by atoms with van der Waals surface area (Å²) in [6.07, 6.45) is 4.14. The van der Waals surface area contributed by atoms with E-state index in [0.29, 0.717) is 36.8 Å². The number of likely N-dealkylation sites (tertiary alicyclic amines) is 1. The van der Waals surface area contributed by atoms with Crippen molar-refractivity contribution in [2.75, 3.05) is 64.5 Å². The maximum atomic E-state index is 13.4. The van der Waals surface area contributed by atoms with Crippen molar-refractivity contribution < 1.29 is 23.8 Å². The minimum atomic E-state index is -0.0271. The highest BCUT2D eigenvalue weighted by Crippen LogP contribution is 2.30. The molecular formula is C28H37N3O5. The van der Waals surface area contributed by atoms with Gasteiger partial charge in [-0.15, -0.1) is 0 Å². The zero-order valence-corrected chi connectivity index (χ0v) is 21.4. The number of methoxy groups -OCH3 is 1. The van der Waals surface area contributed by atoms with Crippen molar-refractivity contribution >= 4 is 17.5 Å². The van der Waals surface area contributed by atoms with Gasteiger partial charge < -0.3 is 28.9 Å². The van der Waals surface area contributed by atoms with Crippen LogP contribution in [-0.2, 0) is 4.79 Å². The number of nitrogens with zero attached hydrogens (tertiary/aromatic N) is 3. The van der Waals surface area contributed by atoms with E-state index in [4.69, 9.17) is 14.2 Å². The lowest BCUT2D eigenvalue weighted by Crippen LogP contribution is -2.38. The van der Waals surface area contributed by atoms with Crippen LogP contribution in [0.1, 0.15) is 43.0 Å². The number of rotatable bonds is 8. The largest absolute Gasteiger partial charge is 0.497 e. The van der Waals surface area contributed by atoms with E-state index in [1.54, 1.807) is 25.3 Å². The van der Waals surface area contributed by atoms with E-state index < -0.39 is 0 Å². The molecule has 0 aliphatic carbocycles. The van der Waals surface area contributed by atoms with Crippen molar-refractivity contribution in [1.82, 2.24) is 9.80 Å². The fourth-order valence-electron chi connectivity index (χ4n) is 4.76. The van der Waals surface area contributed by atoms with Gasteiger partial charge in [0.1, 0.15) is 5.75 Å². The Morgan fingerprint density at radius 1 is 0.778 bits per heavy atom. The zero-order valence-electron chi connectivity index (χ0n) is 21.4.